The molecule has 20 heavy (non-hydrogen) atoms. The molecule has 2 rings (SSSR count). The van der Waals surface area contributed by atoms with Crippen LogP contribution in [0.2, 0.25) is 0 Å². The molecule has 1 heterocycles. The van der Waals surface area contributed by atoms with Crippen LogP contribution in [0.25, 0.3) is 0 Å². The maximum absolute atomic E-state index is 4.45. The molecule has 1 aromatic rings. The zero-order valence-corrected chi connectivity index (χ0v) is 13.3. The van der Waals surface area contributed by atoms with Gasteiger partial charge in [0.05, 0.1) is 0 Å². The monoisotopic (exact) mass is 278 g/mol. The van der Waals surface area contributed by atoms with E-state index in [-0.39, 0.29) is 0 Å². The SMILES string of the molecule is CCNC(CCc1ncnn1CC(C)C)C1CCCC1. The van der Waals surface area contributed by atoms with Gasteiger partial charge in [-0.1, -0.05) is 33.6 Å². The molecule has 1 N–H and O–H groups in total. The van der Waals surface area contributed by atoms with Crippen molar-refractivity contribution in [2.75, 3.05) is 6.54 Å². The van der Waals surface area contributed by atoms with Gasteiger partial charge in [-0.25, -0.2) is 9.67 Å². The largest absolute Gasteiger partial charge is 0.314 e. The zero-order chi connectivity index (χ0) is 14.4. The Morgan fingerprint density at radius 1 is 1.35 bits per heavy atom. The Hall–Kier alpha value is -0.900. The van der Waals surface area contributed by atoms with Gasteiger partial charge in [-0.05, 0) is 37.6 Å². The van der Waals surface area contributed by atoms with E-state index in [1.807, 2.05) is 0 Å². The molecule has 1 aromatic heterocycles. The molecular weight excluding hydrogens is 248 g/mol. The summed E-state index contributed by atoms with van der Waals surface area (Å²) < 4.78 is 2.09. The number of rotatable bonds is 8. The third-order valence-electron chi connectivity index (χ3n) is 4.35. The van der Waals surface area contributed by atoms with Gasteiger partial charge in [-0.2, -0.15) is 5.10 Å². The van der Waals surface area contributed by atoms with Crippen molar-refractivity contribution in [3.8, 4) is 0 Å². The zero-order valence-electron chi connectivity index (χ0n) is 13.3. The quantitative estimate of drug-likeness (QED) is 0.795. The molecule has 4 heteroatoms. The summed E-state index contributed by atoms with van der Waals surface area (Å²) in [6.07, 6.45) is 9.56. The standard InChI is InChI=1S/C16H30N4/c1-4-17-15(14-7-5-6-8-14)9-10-16-18-12-19-20(16)11-13(2)3/h12-15,17H,4-11H2,1-3H3. The fourth-order valence-corrected chi connectivity index (χ4v) is 3.39. The summed E-state index contributed by atoms with van der Waals surface area (Å²) in [5.74, 6) is 2.64. The van der Waals surface area contributed by atoms with E-state index in [4.69, 9.17) is 0 Å². The van der Waals surface area contributed by atoms with Crippen LogP contribution in [0.4, 0.5) is 0 Å². The summed E-state index contributed by atoms with van der Waals surface area (Å²) in [5, 5.41) is 8.05. The van der Waals surface area contributed by atoms with Crippen LogP contribution in [0.5, 0.6) is 0 Å². The highest BCUT2D eigenvalue weighted by Crippen LogP contribution is 2.29. The van der Waals surface area contributed by atoms with E-state index >= 15 is 0 Å². The van der Waals surface area contributed by atoms with Gasteiger partial charge in [-0.15, -0.1) is 0 Å². The Bertz CT molecular complexity index is 380. The summed E-state index contributed by atoms with van der Waals surface area (Å²) in [5.41, 5.74) is 0. The molecule has 1 aliphatic rings. The minimum atomic E-state index is 0.620. The molecule has 0 bridgehead atoms. The fourth-order valence-electron chi connectivity index (χ4n) is 3.39. The number of nitrogens with one attached hydrogen (secondary N) is 1. The highest BCUT2D eigenvalue weighted by Gasteiger charge is 2.24. The van der Waals surface area contributed by atoms with Crippen molar-refractivity contribution < 1.29 is 0 Å². The summed E-state index contributed by atoms with van der Waals surface area (Å²) in [4.78, 5) is 4.45. The Labute approximate surface area is 123 Å². The lowest BCUT2D eigenvalue weighted by molar-refractivity contribution is 0.340. The van der Waals surface area contributed by atoms with Crippen molar-refractivity contribution >= 4 is 0 Å². The highest BCUT2D eigenvalue weighted by atomic mass is 15.3. The van der Waals surface area contributed by atoms with Gasteiger partial charge in [0.2, 0.25) is 0 Å². The number of nitrogens with zero attached hydrogens (tertiary/aromatic N) is 3. The van der Waals surface area contributed by atoms with Crippen LogP contribution in [0.1, 0.15) is 58.7 Å². The van der Waals surface area contributed by atoms with Gasteiger partial charge in [-0.3, -0.25) is 0 Å². The van der Waals surface area contributed by atoms with Gasteiger partial charge in [0.1, 0.15) is 12.2 Å². The van der Waals surface area contributed by atoms with E-state index in [1.165, 1.54) is 32.1 Å². The molecule has 0 radical (unpaired) electrons. The molecule has 114 valence electrons. The lowest BCUT2D eigenvalue weighted by Crippen LogP contribution is -2.35. The van der Waals surface area contributed by atoms with Crippen LogP contribution >= 0.6 is 0 Å². The molecule has 1 unspecified atom stereocenters. The molecule has 0 saturated heterocycles. The lowest BCUT2D eigenvalue weighted by Gasteiger charge is -2.24. The molecule has 4 nitrogen and oxygen atoms in total. The predicted octanol–water partition coefficient (Wildman–Crippen LogP) is 3.04. The summed E-state index contributed by atoms with van der Waals surface area (Å²) in [6.45, 7) is 8.71. The highest BCUT2D eigenvalue weighted by molar-refractivity contribution is 4.89. The maximum atomic E-state index is 4.45. The Morgan fingerprint density at radius 3 is 2.75 bits per heavy atom. The maximum Gasteiger partial charge on any atom is 0.138 e. The van der Waals surface area contributed by atoms with Crippen molar-refractivity contribution in [1.82, 2.24) is 20.1 Å². The van der Waals surface area contributed by atoms with E-state index in [1.54, 1.807) is 6.33 Å². The number of hydrogen-bond donors (Lipinski definition) is 1. The Morgan fingerprint density at radius 2 is 2.10 bits per heavy atom. The fraction of sp³-hybridized carbons (Fsp3) is 0.875. The summed E-state index contributed by atoms with van der Waals surface area (Å²) in [7, 11) is 0. The predicted molar refractivity (Wildman–Crippen MR) is 82.6 cm³/mol. The van der Waals surface area contributed by atoms with Gasteiger partial charge in [0.15, 0.2) is 0 Å². The number of hydrogen-bond acceptors (Lipinski definition) is 3. The molecule has 1 saturated carbocycles. The Kier molecular flexibility index (Phi) is 6.02. The first-order valence-corrected chi connectivity index (χ1v) is 8.30. The van der Waals surface area contributed by atoms with Gasteiger partial charge in [0.25, 0.3) is 0 Å². The first-order valence-electron chi connectivity index (χ1n) is 8.30. The third-order valence-corrected chi connectivity index (χ3v) is 4.35. The van der Waals surface area contributed by atoms with E-state index in [0.717, 1.165) is 31.3 Å². The second-order valence-electron chi connectivity index (χ2n) is 6.50. The average Bonchev–Trinajstić information content (AvgIpc) is 3.05. The van der Waals surface area contributed by atoms with Gasteiger partial charge >= 0.3 is 0 Å². The van der Waals surface area contributed by atoms with Crippen LogP contribution in [0.3, 0.4) is 0 Å². The normalized spacial score (nSPS) is 18.0. The second kappa shape index (κ2) is 7.77. The molecule has 0 amide bonds. The molecule has 0 spiro atoms. The third kappa shape index (κ3) is 4.30. The van der Waals surface area contributed by atoms with Crippen molar-refractivity contribution in [2.24, 2.45) is 11.8 Å². The van der Waals surface area contributed by atoms with Crippen LogP contribution < -0.4 is 5.32 Å². The topological polar surface area (TPSA) is 42.7 Å². The molecule has 1 fully saturated rings. The van der Waals surface area contributed by atoms with E-state index in [0.29, 0.717) is 12.0 Å². The first kappa shape index (κ1) is 15.5. The Balaban J connectivity index is 1.89. The number of aryl methyl sites for hydroxylation is 1. The molecule has 0 aliphatic heterocycles. The van der Waals surface area contributed by atoms with E-state index in [2.05, 4.69) is 40.9 Å². The van der Waals surface area contributed by atoms with Crippen molar-refractivity contribution in [3.05, 3.63) is 12.2 Å². The smallest absolute Gasteiger partial charge is 0.138 e. The molecular formula is C16H30N4. The minimum Gasteiger partial charge on any atom is -0.314 e. The van der Waals surface area contributed by atoms with E-state index in [9.17, 15) is 0 Å². The molecule has 1 aliphatic carbocycles. The molecule has 1 atom stereocenters. The number of aromatic nitrogens is 3. The second-order valence-corrected chi connectivity index (χ2v) is 6.50. The van der Waals surface area contributed by atoms with E-state index < -0.39 is 0 Å². The van der Waals surface area contributed by atoms with Crippen molar-refractivity contribution in [2.45, 2.75) is 71.9 Å². The van der Waals surface area contributed by atoms with Gasteiger partial charge in [0, 0.05) is 19.0 Å². The van der Waals surface area contributed by atoms with Gasteiger partial charge < -0.3 is 5.32 Å². The van der Waals surface area contributed by atoms with Crippen LogP contribution in [0.15, 0.2) is 6.33 Å². The first-order chi connectivity index (χ1) is 9.70. The van der Waals surface area contributed by atoms with Crippen LogP contribution in [-0.2, 0) is 13.0 Å². The summed E-state index contributed by atoms with van der Waals surface area (Å²) >= 11 is 0. The minimum absolute atomic E-state index is 0.620. The average molecular weight is 278 g/mol. The van der Waals surface area contributed by atoms with Crippen LogP contribution in [0, 0.1) is 11.8 Å². The lowest BCUT2D eigenvalue weighted by atomic mass is 9.94. The van der Waals surface area contributed by atoms with Crippen molar-refractivity contribution in [3.63, 3.8) is 0 Å². The summed E-state index contributed by atoms with van der Waals surface area (Å²) in [6, 6.07) is 0.659. The van der Waals surface area contributed by atoms with Crippen molar-refractivity contribution in [1.29, 1.82) is 0 Å². The molecule has 0 aromatic carbocycles. The van der Waals surface area contributed by atoms with Crippen LogP contribution in [-0.4, -0.2) is 27.4 Å².